The van der Waals surface area contributed by atoms with Gasteiger partial charge >= 0.3 is 0 Å². The molecule has 5 heteroatoms. The minimum absolute atomic E-state index is 0.240. The van der Waals surface area contributed by atoms with Crippen molar-refractivity contribution >= 4 is 9.84 Å². The Balaban J connectivity index is 1.93. The standard InChI is InChI=1S/C13H26N2O2S/c1-11-9-15(7-4-8-18(3,16)17)13(2,10-14-11)12-5-6-12/h11-12,14H,4-10H2,1-3H3. The average Bonchev–Trinajstić information content (AvgIpc) is 3.05. The van der Waals surface area contributed by atoms with Crippen LogP contribution in [0.5, 0.6) is 0 Å². The summed E-state index contributed by atoms with van der Waals surface area (Å²) in [6.07, 6.45) is 4.74. The highest BCUT2D eigenvalue weighted by Gasteiger charge is 2.47. The summed E-state index contributed by atoms with van der Waals surface area (Å²) in [6, 6.07) is 0.509. The first-order valence-corrected chi connectivity index (χ1v) is 9.03. The molecule has 4 nitrogen and oxygen atoms in total. The van der Waals surface area contributed by atoms with Gasteiger partial charge in [0.2, 0.25) is 0 Å². The Morgan fingerprint density at radius 2 is 2.06 bits per heavy atom. The zero-order valence-corrected chi connectivity index (χ0v) is 12.6. The molecule has 0 spiro atoms. The van der Waals surface area contributed by atoms with Gasteiger partial charge in [-0.3, -0.25) is 4.90 Å². The smallest absolute Gasteiger partial charge is 0.147 e. The van der Waals surface area contributed by atoms with Crippen LogP contribution < -0.4 is 5.32 Å². The third-order valence-electron chi connectivity index (χ3n) is 4.43. The van der Waals surface area contributed by atoms with Crippen molar-refractivity contribution in [2.45, 2.75) is 44.7 Å². The van der Waals surface area contributed by atoms with E-state index in [1.807, 2.05) is 0 Å². The molecule has 1 heterocycles. The van der Waals surface area contributed by atoms with E-state index in [1.165, 1.54) is 19.1 Å². The number of rotatable bonds is 5. The average molecular weight is 274 g/mol. The van der Waals surface area contributed by atoms with E-state index < -0.39 is 9.84 Å². The van der Waals surface area contributed by atoms with Crippen LogP contribution in [0, 0.1) is 5.92 Å². The molecule has 1 aliphatic carbocycles. The minimum Gasteiger partial charge on any atom is -0.311 e. The van der Waals surface area contributed by atoms with Gasteiger partial charge in [0, 0.05) is 30.9 Å². The molecule has 1 saturated heterocycles. The van der Waals surface area contributed by atoms with Crippen molar-refractivity contribution in [3.63, 3.8) is 0 Å². The number of hydrogen-bond donors (Lipinski definition) is 1. The van der Waals surface area contributed by atoms with Crippen molar-refractivity contribution < 1.29 is 8.42 Å². The Bertz CT molecular complexity index is 392. The quantitative estimate of drug-likeness (QED) is 0.809. The highest BCUT2D eigenvalue weighted by atomic mass is 32.2. The molecule has 18 heavy (non-hydrogen) atoms. The largest absolute Gasteiger partial charge is 0.311 e. The molecular weight excluding hydrogens is 248 g/mol. The first kappa shape index (κ1) is 14.3. The maximum atomic E-state index is 11.2. The fourth-order valence-electron chi connectivity index (χ4n) is 3.07. The zero-order valence-electron chi connectivity index (χ0n) is 11.8. The molecule has 2 unspecified atom stereocenters. The maximum absolute atomic E-state index is 11.2. The van der Waals surface area contributed by atoms with Crippen molar-refractivity contribution in [2.75, 3.05) is 31.6 Å². The fraction of sp³-hybridized carbons (Fsp3) is 1.00. The van der Waals surface area contributed by atoms with Crippen LogP contribution in [0.2, 0.25) is 0 Å². The van der Waals surface area contributed by atoms with Crippen LogP contribution in [0.15, 0.2) is 0 Å². The number of piperazine rings is 1. The van der Waals surface area contributed by atoms with E-state index in [-0.39, 0.29) is 5.54 Å². The first-order chi connectivity index (χ1) is 8.31. The van der Waals surface area contributed by atoms with Crippen LogP contribution in [-0.4, -0.2) is 56.5 Å². The molecule has 106 valence electrons. The van der Waals surface area contributed by atoms with E-state index >= 15 is 0 Å². The van der Waals surface area contributed by atoms with Crippen LogP contribution in [0.3, 0.4) is 0 Å². The van der Waals surface area contributed by atoms with Crippen LogP contribution in [0.1, 0.15) is 33.1 Å². The topological polar surface area (TPSA) is 49.4 Å². The Labute approximate surface area is 111 Å². The van der Waals surface area contributed by atoms with Gasteiger partial charge < -0.3 is 5.32 Å². The Kier molecular flexibility index (Phi) is 4.04. The third kappa shape index (κ3) is 3.45. The Morgan fingerprint density at radius 3 is 2.61 bits per heavy atom. The van der Waals surface area contributed by atoms with Crippen LogP contribution in [-0.2, 0) is 9.84 Å². The van der Waals surface area contributed by atoms with Crippen molar-refractivity contribution in [3.8, 4) is 0 Å². The van der Waals surface area contributed by atoms with Crippen molar-refractivity contribution in [3.05, 3.63) is 0 Å². The van der Waals surface area contributed by atoms with Crippen LogP contribution >= 0.6 is 0 Å². The summed E-state index contributed by atoms with van der Waals surface area (Å²) in [5.74, 6) is 1.11. The second kappa shape index (κ2) is 5.10. The second-order valence-corrected chi connectivity index (χ2v) is 8.60. The molecule has 1 saturated carbocycles. The summed E-state index contributed by atoms with van der Waals surface area (Å²) < 4.78 is 22.4. The van der Waals surface area contributed by atoms with Gasteiger partial charge in [-0.05, 0) is 45.6 Å². The highest BCUT2D eigenvalue weighted by Crippen LogP contribution is 2.43. The van der Waals surface area contributed by atoms with Crippen LogP contribution in [0.25, 0.3) is 0 Å². The van der Waals surface area contributed by atoms with Gasteiger partial charge in [0.25, 0.3) is 0 Å². The van der Waals surface area contributed by atoms with Crippen molar-refractivity contribution in [1.82, 2.24) is 10.2 Å². The van der Waals surface area contributed by atoms with Gasteiger partial charge in [-0.1, -0.05) is 0 Å². The second-order valence-electron chi connectivity index (χ2n) is 6.34. The predicted molar refractivity (Wildman–Crippen MR) is 74.5 cm³/mol. The lowest BCUT2D eigenvalue weighted by molar-refractivity contribution is 0.0387. The summed E-state index contributed by atoms with van der Waals surface area (Å²) in [5.41, 5.74) is 0.240. The molecule has 0 radical (unpaired) electrons. The molecule has 0 aromatic carbocycles. The van der Waals surface area contributed by atoms with Crippen molar-refractivity contribution in [2.24, 2.45) is 5.92 Å². The molecule has 0 bridgehead atoms. The van der Waals surface area contributed by atoms with Gasteiger partial charge in [0.1, 0.15) is 9.84 Å². The number of nitrogens with one attached hydrogen (secondary N) is 1. The number of sulfone groups is 1. The van der Waals surface area contributed by atoms with E-state index in [0.717, 1.165) is 32.0 Å². The van der Waals surface area contributed by atoms with E-state index in [4.69, 9.17) is 0 Å². The Hall–Kier alpha value is -0.130. The van der Waals surface area contributed by atoms with Crippen molar-refractivity contribution in [1.29, 1.82) is 0 Å². The molecule has 0 amide bonds. The summed E-state index contributed by atoms with van der Waals surface area (Å²) in [7, 11) is -2.82. The van der Waals surface area contributed by atoms with Gasteiger partial charge in [-0.25, -0.2) is 8.42 Å². The van der Waals surface area contributed by atoms with Gasteiger partial charge in [0.05, 0.1) is 5.75 Å². The molecule has 2 aliphatic rings. The minimum atomic E-state index is -2.82. The third-order valence-corrected chi connectivity index (χ3v) is 5.46. The molecule has 2 atom stereocenters. The zero-order chi connectivity index (χ0) is 13.4. The van der Waals surface area contributed by atoms with E-state index in [1.54, 1.807) is 0 Å². The van der Waals surface area contributed by atoms with Crippen LogP contribution in [0.4, 0.5) is 0 Å². The molecule has 0 aromatic heterocycles. The lowest BCUT2D eigenvalue weighted by atomic mass is 9.89. The lowest BCUT2D eigenvalue weighted by Crippen LogP contribution is -2.63. The monoisotopic (exact) mass is 274 g/mol. The number of nitrogens with zero attached hydrogens (tertiary/aromatic N) is 1. The molecule has 1 N–H and O–H groups in total. The summed E-state index contributed by atoms with van der Waals surface area (Å²) in [4.78, 5) is 2.52. The summed E-state index contributed by atoms with van der Waals surface area (Å²) in [5, 5.41) is 3.57. The maximum Gasteiger partial charge on any atom is 0.147 e. The van der Waals surface area contributed by atoms with E-state index in [9.17, 15) is 8.42 Å². The molecule has 1 aliphatic heterocycles. The summed E-state index contributed by atoms with van der Waals surface area (Å²) in [6.45, 7) is 7.53. The SMILES string of the molecule is CC1CN(CCCS(C)(=O)=O)C(C)(C2CC2)CN1. The highest BCUT2D eigenvalue weighted by molar-refractivity contribution is 7.90. The Morgan fingerprint density at radius 1 is 1.39 bits per heavy atom. The molecule has 0 aromatic rings. The predicted octanol–water partition coefficient (Wildman–Crippen LogP) is 0.884. The molecule has 2 rings (SSSR count). The normalized spacial score (nSPS) is 34.7. The van der Waals surface area contributed by atoms with Gasteiger partial charge in [-0.2, -0.15) is 0 Å². The summed E-state index contributed by atoms with van der Waals surface area (Å²) >= 11 is 0. The first-order valence-electron chi connectivity index (χ1n) is 6.97. The fourth-order valence-corrected chi connectivity index (χ4v) is 3.72. The van der Waals surface area contributed by atoms with Gasteiger partial charge in [-0.15, -0.1) is 0 Å². The molecule has 2 fully saturated rings. The number of hydrogen-bond acceptors (Lipinski definition) is 4. The lowest BCUT2D eigenvalue weighted by Gasteiger charge is -2.48. The van der Waals surface area contributed by atoms with E-state index in [2.05, 4.69) is 24.1 Å². The van der Waals surface area contributed by atoms with E-state index in [0.29, 0.717) is 11.8 Å². The molecular formula is C13H26N2O2S. The van der Waals surface area contributed by atoms with Gasteiger partial charge in [0.15, 0.2) is 0 Å².